The van der Waals surface area contributed by atoms with Crippen LogP contribution in [0.25, 0.3) is 0 Å². The molecule has 0 aliphatic heterocycles. The van der Waals surface area contributed by atoms with Gasteiger partial charge in [-0.05, 0) is 26.8 Å². The van der Waals surface area contributed by atoms with Crippen molar-refractivity contribution in [2.24, 2.45) is 0 Å². The summed E-state index contributed by atoms with van der Waals surface area (Å²) < 4.78 is 0. The highest BCUT2D eigenvalue weighted by molar-refractivity contribution is 5.68. The third-order valence-electron chi connectivity index (χ3n) is 2.90. The second-order valence-corrected chi connectivity index (χ2v) is 4.32. The molecule has 1 rings (SSSR count). The van der Waals surface area contributed by atoms with Crippen molar-refractivity contribution in [2.75, 3.05) is 11.4 Å². The Kier molecular flexibility index (Phi) is 4.80. The first kappa shape index (κ1) is 14.9. The normalized spacial score (nSPS) is 11.9. The SMILES string of the molecule is CCN(c1cc(C)c([N+](=O)[O-])cn1)C(C)CC(=O)O. The Hall–Kier alpha value is -2.18. The zero-order chi connectivity index (χ0) is 14.6. The van der Waals surface area contributed by atoms with Gasteiger partial charge in [0.15, 0.2) is 0 Å². The van der Waals surface area contributed by atoms with Gasteiger partial charge in [-0.15, -0.1) is 0 Å². The van der Waals surface area contributed by atoms with Gasteiger partial charge in [0, 0.05) is 18.2 Å². The lowest BCUT2D eigenvalue weighted by Gasteiger charge is -2.28. The highest BCUT2D eigenvalue weighted by Crippen LogP contribution is 2.23. The zero-order valence-electron chi connectivity index (χ0n) is 11.2. The van der Waals surface area contributed by atoms with Crippen LogP contribution < -0.4 is 4.90 Å². The molecule has 0 spiro atoms. The average molecular weight is 267 g/mol. The molecule has 104 valence electrons. The number of hydrogen-bond donors (Lipinski definition) is 1. The lowest BCUT2D eigenvalue weighted by Crippen LogP contribution is -2.35. The van der Waals surface area contributed by atoms with Crippen molar-refractivity contribution in [1.82, 2.24) is 4.98 Å². The number of aromatic nitrogens is 1. The van der Waals surface area contributed by atoms with Crippen molar-refractivity contribution in [3.8, 4) is 0 Å². The van der Waals surface area contributed by atoms with Gasteiger partial charge >= 0.3 is 5.97 Å². The Morgan fingerprint density at radius 1 is 1.63 bits per heavy atom. The molecule has 1 heterocycles. The molecule has 0 saturated carbocycles. The maximum absolute atomic E-state index is 10.7. The van der Waals surface area contributed by atoms with Gasteiger partial charge in [0.05, 0.1) is 11.3 Å². The van der Waals surface area contributed by atoms with E-state index < -0.39 is 10.9 Å². The molecule has 0 aromatic carbocycles. The lowest BCUT2D eigenvalue weighted by atomic mass is 10.2. The number of carboxylic acid groups (broad SMARTS) is 1. The fourth-order valence-electron chi connectivity index (χ4n) is 1.94. The molecular formula is C12H17N3O4. The Morgan fingerprint density at radius 2 is 2.26 bits per heavy atom. The number of nitrogens with zero attached hydrogens (tertiary/aromatic N) is 3. The molecule has 7 nitrogen and oxygen atoms in total. The highest BCUT2D eigenvalue weighted by Gasteiger charge is 2.19. The van der Waals surface area contributed by atoms with E-state index in [4.69, 9.17) is 5.11 Å². The quantitative estimate of drug-likeness (QED) is 0.625. The van der Waals surface area contributed by atoms with Crippen molar-refractivity contribution in [3.63, 3.8) is 0 Å². The summed E-state index contributed by atoms with van der Waals surface area (Å²) in [5, 5.41) is 19.5. The molecule has 0 radical (unpaired) electrons. The van der Waals surface area contributed by atoms with E-state index in [2.05, 4.69) is 4.98 Å². The standard InChI is InChI=1S/C12H17N3O4/c1-4-14(9(3)6-12(16)17)11-5-8(2)10(7-13-11)15(18)19/h5,7,9H,4,6H2,1-3H3,(H,16,17). The number of pyridine rings is 1. The monoisotopic (exact) mass is 267 g/mol. The van der Waals surface area contributed by atoms with Gasteiger partial charge in [0.25, 0.3) is 5.69 Å². The molecule has 0 aliphatic carbocycles. The van der Waals surface area contributed by atoms with Gasteiger partial charge in [-0.3, -0.25) is 14.9 Å². The summed E-state index contributed by atoms with van der Waals surface area (Å²) in [6.45, 7) is 5.89. The molecule has 0 saturated heterocycles. The molecule has 0 aliphatic rings. The maximum Gasteiger partial charge on any atom is 0.305 e. The third kappa shape index (κ3) is 3.64. The van der Waals surface area contributed by atoms with Crippen molar-refractivity contribution >= 4 is 17.5 Å². The maximum atomic E-state index is 10.7. The molecular weight excluding hydrogens is 250 g/mol. The number of aliphatic carboxylic acids is 1. The van der Waals surface area contributed by atoms with Crippen LogP contribution in [-0.2, 0) is 4.79 Å². The van der Waals surface area contributed by atoms with Crippen LogP contribution in [0.5, 0.6) is 0 Å². The summed E-state index contributed by atoms with van der Waals surface area (Å²) in [7, 11) is 0. The fourth-order valence-corrected chi connectivity index (χ4v) is 1.94. The van der Waals surface area contributed by atoms with Crippen LogP contribution in [-0.4, -0.2) is 33.6 Å². The first-order valence-corrected chi connectivity index (χ1v) is 5.96. The Balaban J connectivity index is 3.02. The molecule has 1 atom stereocenters. The Morgan fingerprint density at radius 3 is 2.68 bits per heavy atom. The molecule has 1 aromatic rings. The Bertz CT molecular complexity index is 490. The van der Waals surface area contributed by atoms with Gasteiger partial charge < -0.3 is 10.0 Å². The summed E-state index contributed by atoms with van der Waals surface area (Å²) >= 11 is 0. The highest BCUT2D eigenvalue weighted by atomic mass is 16.6. The largest absolute Gasteiger partial charge is 0.481 e. The van der Waals surface area contributed by atoms with Crippen LogP contribution in [0.2, 0.25) is 0 Å². The van der Waals surface area contributed by atoms with E-state index in [-0.39, 0.29) is 18.2 Å². The number of carbonyl (C=O) groups is 1. The second-order valence-electron chi connectivity index (χ2n) is 4.32. The van der Waals surface area contributed by atoms with E-state index >= 15 is 0 Å². The van der Waals surface area contributed by atoms with Gasteiger partial charge in [-0.2, -0.15) is 0 Å². The number of nitro groups is 1. The van der Waals surface area contributed by atoms with E-state index in [1.165, 1.54) is 6.20 Å². The minimum Gasteiger partial charge on any atom is -0.481 e. The molecule has 1 unspecified atom stereocenters. The summed E-state index contributed by atoms with van der Waals surface area (Å²) in [4.78, 5) is 26.8. The van der Waals surface area contributed by atoms with Gasteiger partial charge in [-0.25, -0.2) is 4.98 Å². The number of aryl methyl sites for hydroxylation is 1. The molecule has 0 fully saturated rings. The lowest BCUT2D eigenvalue weighted by molar-refractivity contribution is -0.385. The van der Waals surface area contributed by atoms with Crippen LogP contribution in [0.15, 0.2) is 12.3 Å². The third-order valence-corrected chi connectivity index (χ3v) is 2.90. The minimum absolute atomic E-state index is 0.00838. The summed E-state index contributed by atoms with van der Waals surface area (Å²) in [5.74, 6) is -0.330. The number of carboxylic acids is 1. The Labute approximate surface area is 111 Å². The average Bonchev–Trinajstić information content (AvgIpc) is 2.28. The number of rotatable bonds is 6. The van der Waals surface area contributed by atoms with Crippen LogP contribution in [0.3, 0.4) is 0 Å². The smallest absolute Gasteiger partial charge is 0.305 e. The van der Waals surface area contributed by atoms with Crippen LogP contribution >= 0.6 is 0 Å². The second kappa shape index (κ2) is 6.12. The number of anilines is 1. The molecule has 1 N–H and O–H groups in total. The van der Waals surface area contributed by atoms with Crippen LogP contribution in [0.4, 0.5) is 11.5 Å². The predicted molar refractivity (Wildman–Crippen MR) is 70.4 cm³/mol. The van der Waals surface area contributed by atoms with Crippen LogP contribution in [0.1, 0.15) is 25.8 Å². The van der Waals surface area contributed by atoms with Crippen molar-refractivity contribution in [3.05, 3.63) is 27.9 Å². The van der Waals surface area contributed by atoms with E-state index in [1.807, 2.05) is 11.8 Å². The minimum atomic E-state index is -0.885. The number of hydrogen-bond acceptors (Lipinski definition) is 5. The molecule has 0 amide bonds. The fraction of sp³-hybridized carbons (Fsp3) is 0.500. The van der Waals surface area contributed by atoms with Crippen molar-refractivity contribution in [2.45, 2.75) is 33.2 Å². The van der Waals surface area contributed by atoms with Gasteiger partial charge in [0.1, 0.15) is 12.0 Å². The molecule has 1 aromatic heterocycles. The molecule has 0 bridgehead atoms. The first-order valence-electron chi connectivity index (χ1n) is 5.96. The summed E-state index contributed by atoms with van der Waals surface area (Å²) in [6, 6.07) is 1.39. The van der Waals surface area contributed by atoms with E-state index in [0.717, 1.165) is 0 Å². The predicted octanol–water partition coefficient (Wildman–Crippen LogP) is 1.99. The van der Waals surface area contributed by atoms with E-state index in [9.17, 15) is 14.9 Å². The first-order chi connectivity index (χ1) is 8.86. The van der Waals surface area contributed by atoms with Crippen molar-refractivity contribution < 1.29 is 14.8 Å². The van der Waals surface area contributed by atoms with Gasteiger partial charge in [0.2, 0.25) is 0 Å². The molecule has 7 heteroatoms. The summed E-state index contributed by atoms with van der Waals surface area (Å²) in [5.41, 5.74) is 0.474. The molecule has 19 heavy (non-hydrogen) atoms. The van der Waals surface area contributed by atoms with Crippen LogP contribution in [0, 0.1) is 17.0 Å². The summed E-state index contributed by atoms with van der Waals surface area (Å²) in [6.07, 6.45) is 1.20. The zero-order valence-corrected chi connectivity index (χ0v) is 11.2. The topological polar surface area (TPSA) is 96.6 Å². The van der Waals surface area contributed by atoms with E-state index in [0.29, 0.717) is 17.9 Å². The van der Waals surface area contributed by atoms with Crippen molar-refractivity contribution in [1.29, 1.82) is 0 Å². The van der Waals surface area contributed by atoms with E-state index in [1.54, 1.807) is 19.9 Å². The van der Waals surface area contributed by atoms with Gasteiger partial charge in [-0.1, -0.05) is 0 Å².